The maximum Gasteiger partial charge on any atom is 0.211 e. The number of nitrogens with zero attached hydrogens (tertiary/aromatic N) is 2. The first-order valence-electron chi connectivity index (χ1n) is 8.95. The predicted molar refractivity (Wildman–Crippen MR) is 113 cm³/mol. The molecular weight excluding hydrogens is 404 g/mol. The molecule has 0 bridgehead atoms. The van der Waals surface area contributed by atoms with Gasteiger partial charge in [0.2, 0.25) is 15.6 Å². The minimum absolute atomic E-state index is 0.0301. The lowest BCUT2D eigenvalue weighted by molar-refractivity contribution is 0.104. The van der Waals surface area contributed by atoms with Crippen molar-refractivity contribution >= 4 is 33.1 Å². The van der Waals surface area contributed by atoms with E-state index in [1.54, 1.807) is 18.2 Å². The number of thioether (sulfide) groups is 1. The Balaban J connectivity index is 1.70. The number of allylic oxidation sites excluding steroid dienone is 5. The van der Waals surface area contributed by atoms with Crippen molar-refractivity contribution in [1.82, 2.24) is 0 Å². The van der Waals surface area contributed by atoms with Gasteiger partial charge in [0.25, 0.3) is 0 Å². The molecule has 2 aromatic carbocycles. The molecule has 2 aromatic rings. The van der Waals surface area contributed by atoms with E-state index in [0.29, 0.717) is 12.1 Å². The number of anilines is 1. The third kappa shape index (κ3) is 3.11. The van der Waals surface area contributed by atoms with Gasteiger partial charge in [0.05, 0.1) is 21.2 Å². The van der Waals surface area contributed by atoms with Gasteiger partial charge < -0.3 is 4.90 Å². The highest BCUT2D eigenvalue weighted by Gasteiger charge is 2.38. The van der Waals surface area contributed by atoms with E-state index in [4.69, 9.17) is 0 Å². The molecule has 0 unspecified atom stereocenters. The molecule has 0 fully saturated rings. The molecule has 4 rings (SSSR count). The van der Waals surface area contributed by atoms with Crippen molar-refractivity contribution in [2.75, 3.05) is 11.4 Å². The van der Waals surface area contributed by atoms with Gasteiger partial charge in [-0.1, -0.05) is 42.1 Å². The molecule has 2 aliphatic heterocycles. The van der Waals surface area contributed by atoms with E-state index in [-0.39, 0.29) is 15.4 Å². The first-order chi connectivity index (χ1) is 14.0. The average molecular weight is 421 g/mol. The number of para-hydroxylation sites is 1. The topological polar surface area (TPSA) is 78.2 Å². The number of carbonyl (C=O) groups is 1. The summed E-state index contributed by atoms with van der Waals surface area (Å²) < 4.78 is 25.3. The van der Waals surface area contributed by atoms with Gasteiger partial charge in [-0.05, 0) is 43.3 Å². The molecule has 144 valence electrons. The van der Waals surface area contributed by atoms with E-state index in [1.165, 1.54) is 36.0 Å². The molecule has 0 atom stereocenters. The van der Waals surface area contributed by atoms with Crippen LogP contribution >= 0.6 is 11.8 Å². The predicted octanol–water partition coefficient (Wildman–Crippen LogP) is 4.46. The fraction of sp³-hybridized carbons (Fsp3) is 0.0909. The van der Waals surface area contributed by atoms with Crippen molar-refractivity contribution in [2.45, 2.75) is 16.7 Å². The van der Waals surface area contributed by atoms with Crippen LogP contribution in [-0.4, -0.2) is 20.7 Å². The summed E-state index contributed by atoms with van der Waals surface area (Å²) in [7, 11) is -3.83. The normalized spacial score (nSPS) is 20.1. The number of hydrogen-bond donors (Lipinski definition) is 0. The second-order valence-corrected chi connectivity index (χ2v) is 9.28. The summed E-state index contributed by atoms with van der Waals surface area (Å²) in [6.07, 6.45) is 4.29. The van der Waals surface area contributed by atoms with Gasteiger partial charge in [0.15, 0.2) is 0 Å². The SMILES string of the molecule is CCN1/C(=C(C#N)/C=C/C=C2/C(=O)c3ccccc3S2(=O)=O)Sc2ccccc21. The van der Waals surface area contributed by atoms with Gasteiger partial charge in [0.1, 0.15) is 11.0 Å². The number of Topliss-reactive ketones (excluding diaryl/α,β-unsaturated/α-hetero) is 1. The van der Waals surface area contributed by atoms with Crippen LogP contribution in [-0.2, 0) is 9.84 Å². The number of nitriles is 1. The van der Waals surface area contributed by atoms with Crippen LogP contribution in [0.5, 0.6) is 0 Å². The highest BCUT2D eigenvalue weighted by Crippen LogP contribution is 2.47. The summed E-state index contributed by atoms with van der Waals surface area (Å²) in [5.74, 6) is -0.519. The molecular formula is C22H16N2O3S2. The van der Waals surface area contributed by atoms with Crippen molar-refractivity contribution in [2.24, 2.45) is 0 Å². The maximum absolute atomic E-state index is 12.6. The lowest BCUT2D eigenvalue weighted by atomic mass is 10.1. The van der Waals surface area contributed by atoms with E-state index < -0.39 is 15.6 Å². The first kappa shape index (κ1) is 19.2. The third-order valence-electron chi connectivity index (χ3n) is 4.72. The van der Waals surface area contributed by atoms with Gasteiger partial charge in [-0.3, -0.25) is 4.79 Å². The lowest BCUT2D eigenvalue weighted by Gasteiger charge is -2.18. The summed E-state index contributed by atoms with van der Waals surface area (Å²) >= 11 is 1.50. The number of benzene rings is 2. The Morgan fingerprint density at radius 1 is 1.17 bits per heavy atom. The minimum Gasteiger partial charge on any atom is -0.334 e. The Labute approximate surface area is 173 Å². The Kier molecular flexibility index (Phi) is 4.91. The number of carbonyl (C=O) groups excluding carboxylic acids is 1. The highest BCUT2D eigenvalue weighted by atomic mass is 32.2. The second kappa shape index (κ2) is 7.39. The quantitative estimate of drug-likeness (QED) is 0.539. The Hall–Kier alpha value is -3.08. The molecule has 5 nitrogen and oxygen atoms in total. The summed E-state index contributed by atoms with van der Waals surface area (Å²) in [5, 5.41) is 10.4. The van der Waals surface area contributed by atoms with Gasteiger partial charge in [-0.2, -0.15) is 5.26 Å². The summed E-state index contributed by atoms with van der Waals surface area (Å²) in [6.45, 7) is 2.70. The molecule has 0 aromatic heterocycles. The van der Waals surface area contributed by atoms with E-state index in [9.17, 15) is 18.5 Å². The second-order valence-electron chi connectivity index (χ2n) is 6.36. The van der Waals surface area contributed by atoms with Crippen LogP contribution in [0.25, 0.3) is 0 Å². The van der Waals surface area contributed by atoms with Crippen LogP contribution in [0.4, 0.5) is 5.69 Å². The number of hydrogen-bond acceptors (Lipinski definition) is 6. The lowest BCUT2D eigenvalue weighted by Crippen LogP contribution is -2.17. The van der Waals surface area contributed by atoms with Crippen LogP contribution in [0, 0.1) is 11.3 Å². The zero-order valence-corrected chi connectivity index (χ0v) is 17.1. The van der Waals surface area contributed by atoms with Crippen LogP contribution in [0.3, 0.4) is 0 Å². The third-order valence-corrected chi connectivity index (χ3v) is 7.75. The number of fused-ring (bicyclic) bond motifs is 2. The van der Waals surface area contributed by atoms with Crippen molar-refractivity contribution < 1.29 is 13.2 Å². The van der Waals surface area contributed by atoms with E-state index in [0.717, 1.165) is 15.6 Å². The van der Waals surface area contributed by atoms with Crippen LogP contribution in [0.15, 0.2) is 92.1 Å². The van der Waals surface area contributed by atoms with Crippen LogP contribution < -0.4 is 4.90 Å². The average Bonchev–Trinajstić information content (AvgIpc) is 3.19. The van der Waals surface area contributed by atoms with E-state index >= 15 is 0 Å². The molecule has 29 heavy (non-hydrogen) atoms. The summed E-state index contributed by atoms with van der Waals surface area (Å²) in [4.78, 5) is 15.4. The molecule has 0 aliphatic carbocycles. The maximum atomic E-state index is 12.6. The van der Waals surface area contributed by atoms with Crippen molar-refractivity contribution in [3.8, 4) is 6.07 Å². The molecule has 7 heteroatoms. The molecule has 0 saturated carbocycles. The van der Waals surface area contributed by atoms with Crippen molar-refractivity contribution in [3.63, 3.8) is 0 Å². The zero-order valence-electron chi connectivity index (χ0n) is 15.5. The largest absolute Gasteiger partial charge is 0.334 e. The molecule has 0 saturated heterocycles. The first-order valence-corrected chi connectivity index (χ1v) is 11.2. The zero-order chi connectivity index (χ0) is 20.6. The highest BCUT2D eigenvalue weighted by molar-refractivity contribution is 8.03. The fourth-order valence-electron chi connectivity index (χ4n) is 3.36. The van der Waals surface area contributed by atoms with Crippen molar-refractivity contribution in [3.05, 3.63) is 87.8 Å². The molecule has 0 amide bonds. The molecule has 2 aliphatic rings. The Bertz CT molecular complexity index is 1260. The van der Waals surface area contributed by atoms with Crippen LogP contribution in [0.1, 0.15) is 17.3 Å². The summed E-state index contributed by atoms with van der Waals surface area (Å²) in [5.41, 5.74) is 1.63. The Morgan fingerprint density at radius 2 is 1.90 bits per heavy atom. The Morgan fingerprint density at radius 3 is 2.62 bits per heavy atom. The molecule has 2 heterocycles. The van der Waals surface area contributed by atoms with Crippen LogP contribution in [0.2, 0.25) is 0 Å². The monoisotopic (exact) mass is 420 g/mol. The number of sulfone groups is 1. The van der Waals surface area contributed by atoms with Crippen molar-refractivity contribution in [1.29, 1.82) is 5.26 Å². The molecule has 0 radical (unpaired) electrons. The fourth-order valence-corrected chi connectivity index (χ4v) is 6.12. The standard InChI is InChI=1S/C22H16N2O3S2/c1-2-24-17-10-4-5-11-18(17)28-22(24)15(14-23)8-7-13-20-21(25)16-9-3-6-12-19(16)29(20,26)27/h3-13H,2H2,1H3/b8-7+,20-13-,22-15+. The van der Waals surface area contributed by atoms with Gasteiger partial charge in [-0.25, -0.2) is 8.42 Å². The summed E-state index contributed by atoms with van der Waals surface area (Å²) in [6, 6.07) is 16.2. The van der Waals surface area contributed by atoms with Gasteiger partial charge in [0, 0.05) is 17.0 Å². The van der Waals surface area contributed by atoms with Gasteiger partial charge >= 0.3 is 0 Å². The number of ketones is 1. The van der Waals surface area contributed by atoms with E-state index in [1.807, 2.05) is 36.1 Å². The molecule has 0 spiro atoms. The van der Waals surface area contributed by atoms with Gasteiger partial charge in [-0.15, -0.1) is 0 Å². The molecule has 0 N–H and O–H groups in total. The number of rotatable bonds is 3. The van der Waals surface area contributed by atoms with E-state index in [2.05, 4.69) is 6.07 Å². The minimum atomic E-state index is -3.83. The smallest absolute Gasteiger partial charge is 0.211 e.